The Bertz CT molecular complexity index is 683. The number of likely N-dealkylation sites (tertiary alicyclic amines) is 1. The molecule has 2 amide bonds. The van der Waals surface area contributed by atoms with Crippen molar-refractivity contribution >= 4 is 11.8 Å². The molecule has 154 valence electrons. The van der Waals surface area contributed by atoms with Crippen molar-refractivity contribution in [3.8, 4) is 5.75 Å². The first kappa shape index (κ1) is 20.6. The maximum atomic E-state index is 12.8. The van der Waals surface area contributed by atoms with Crippen molar-refractivity contribution in [3.63, 3.8) is 0 Å². The zero-order chi connectivity index (χ0) is 20.1. The highest BCUT2D eigenvalue weighted by molar-refractivity contribution is 5.80. The van der Waals surface area contributed by atoms with E-state index in [2.05, 4.69) is 24.3 Å². The van der Waals surface area contributed by atoms with Crippen molar-refractivity contribution in [2.24, 2.45) is 5.92 Å². The molecule has 1 aliphatic heterocycles. The molecule has 1 heterocycles. The summed E-state index contributed by atoms with van der Waals surface area (Å²) in [5, 5.41) is 3.14. The van der Waals surface area contributed by atoms with Gasteiger partial charge in [-0.1, -0.05) is 12.1 Å². The van der Waals surface area contributed by atoms with E-state index in [1.807, 2.05) is 29.2 Å². The average molecular weight is 388 g/mol. The Labute approximate surface area is 168 Å². The van der Waals surface area contributed by atoms with Crippen LogP contribution in [-0.4, -0.2) is 68.0 Å². The second-order valence-electron chi connectivity index (χ2n) is 8.33. The van der Waals surface area contributed by atoms with Gasteiger partial charge in [0.2, 0.25) is 11.8 Å². The van der Waals surface area contributed by atoms with E-state index in [1.54, 1.807) is 7.11 Å². The lowest BCUT2D eigenvalue weighted by atomic mass is 9.85. The van der Waals surface area contributed by atoms with Crippen molar-refractivity contribution in [3.05, 3.63) is 29.8 Å². The van der Waals surface area contributed by atoms with Crippen LogP contribution >= 0.6 is 0 Å². The predicted molar refractivity (Wildman–Crippen MR) is 109 cm³/mol. The molecule has 6 nitrogen and oxygen atoms in total. The monoisotopic (exact) mass is 387 g/mol. The van der Waals surface area contributed by atoms with Gasteiger partial charge < -0.3 is 19.9 Å². The first-order chi connectivity index (χ1) is 13.5. The molecule has 0 aromatic heterocycles. The Morgan fingerprint density at radius 2 is 1.93 bits per heavy atom. The Balaban J connectivity index is 1.42. The Morgan fingerprint density at radius 3 is 2.57 bits per heavy atom. The van der Waals surface area contributed by atoms with Crippen LogP contribution in [0.5, 0.6) is 5.75 Å². The lowest BCUT2D eigenvalue weighted by molar-refractivity contribution is -0.135. The number of hydrogen-bond donors (Lipinski definition) is 1. The first-order valence-corrected chi connectivity index (χ1v) is 10.3. The normalized spacial score (nSPS) is 25.0. The van der Waals surface area contributed by atoms with Gasteiger partial charge in [0.05, 0.1) is 13.5 Å². The third-order valence-corrected chi connectivity index (χ3v) is 6.15. The molecule has 28 heavy (non-hydrogen) atoms. The van der Waals surface area contributed by atoms with Crippen molar-refractivity contribution in [1.29, 1.82) is 0 Å². The Morgan fingerprint density at radius 1 is 1.18 bits per heavy atom. The third-order valence-electron chi connectivity index (χ3n) is 6.15. The highest BCUT2D eigenvalue weighted by Crippen LogP contribution is 2.28. The molecule has 3 rings (SSSR count). The molecule has 1 N–H and O–H groups in total. The summed E-state index contributed by atoms with van der Waals surface area (Å²) in [4.78, 5) is 29.4. The highest BCUT2D eigenvalue weighted by Gasteiger charge is 2.34. The smallest absolute Gasteiger partial charge is 0.225 e. The zero-order valence-corrected chi connectivity index (χ0v) is 17.3. The fraction of sp³-hybridized carbons (Fsp3) is 0.636. The number of nitrogens with zero attached hydrogens (tertiary/aromatic N) is 2. The van der Waals surface area contributed by atoms with E-state index < -0.39 is 0 Å². The number of methoxy groups -OCH3 is 1. The number of hydrogen-bond acceptors (Lipinski definition) is 4. The molecule has 1 saturated heterocycles. The van der Waals surface area contributed by atoms with Crippen LogP contribution in [0.4, 0.5) is 0 Å². The van der Waals surface area contributed by atoms with Crippen molar-refractivity contribution < 1.29 is 14.3 Å². The fourth-order valence-corrected chi connectivity index (χ4v) is 4.35. The molecular weight excluding hydrogens is 354 g/mol. The number of rotatable bonds is 6. The van der Waals surface area contributed by atoms with Gasteiger partial charge in [0.25, 0.3) is 0 Å². The molecule has 0 radical (unpaired) electrons. The number of ether oxygens (including phenoxy) is 1. The van der Waals surface area contributed by atoms with E-state index in [0.29, 0.717) is 18.4 Å². The molecule has 6 heteroatoms. The minimum absolute atomic E-state index is 0.0383. The number of benzene rings is 1. The van der Waals surface area contributed by atoms with E-state index in [1.165, 1.54) is 0 Å². The van der Waals surface area contributed by atoms with Gasteiger partial charge in [-0.15, -0.1) is 0 Å². The minimum atomic E-state index is 0.0383. The van der Waals surface area contributed by atoms with E-state index in [4.69, 9.17) is 4.74 Å². The molecule has 1 aliphatic carbocycles. The molecule has 2 aliphatic rings. The van der Waals surface area contributed by atoms with Crippen LogP contribution in [-0.2, 0) is 16.0 Å². The molecule has 1 aromatic rings. The van der Waals surface area contributed by atoms with Crippen molar-refractivity contribution in [1.82, 2.24) is 15.1 Å². The van der Waals surface area contributed by atoms with Crippen molar-refractivity contribution in [2.75, 3.05) is 34.3 Å². The van der Waals surface area contributed by atoms with Gasteiger partial charge in [-0.2, -0.15) is 0 Å². The quantitative estimate of drug-likeness (QED) is 0.812. The molecule has 1 unspecified atom stereocenters. The number of likely N-dealkylation sites (N-methyl/N-ethyl adjacent to an activating group) is 1. The topological polar surface area (TPSA) is 61.9 Å². The van der Waals surface area contributed by atoms with Crippen LogP contribution in [0.15, 0.2) is 24.3 Å². The van der Waals surface area contributed by atoms with Crippen LogP contribution in [0.3, 0.4) is 0 Å². The highest BCUT2D eigenvalue weighted by atomic mass is 16.5. The van der Waals surface area contributed by atoms with Crippen LogP contribution in [0.2, 0.25) is 0 Å². The maximum absolute atomic E-state index is 12.8. The predicted octanol–water partition coefficient (Wildman–Crippen LogP) is 2.08. The van der Waals surface area contributed by atoms with Gasteiger partial charge in [-0.05, 0) is 63.9 Å². The molecule has 1 saturated carbocycles. The molecule has 1 aromatic carbocycles. The zero-order valence-electron chi connectivity index (χ0n) is 17.3. The van der Waals surface area contributed by atoms with E-state index in [0.717, 1.165) is 56.5 Å². The largest absolute Gasteiger partial charge is 0.497 e. The first-order valence-electron chi connectivity index (χ1n) is 10.3. The Hall–Kier alpha value is -2.08. The summed E-state index contributed by atoms with van der Waals surface area (Å²) >= 11 is 0. The molecule has 0 spiro atoms. The standard InChI is InChI=1S/C22H33N3O3/c1-24(2)19-11-12-25(15-19)22(27)17-7-9-18(10-8-17)23-21(26)14-16-5-4-6-20(13-16)28-3/h4-6,13,17-19H,7-12,14-15H2,1-3H3,(H,23,26). The maximum Gasteiger partial charge on any atom is 0.225 e. The fourth-order valence-electron chi connectivity index (χ4n) is 4.35. The second-order valence-corrected chi connectivity index (χ2v) is 8.33. The summed E-state index contributed by atoms with van der Waals surface area (Å²) in [5.74, 6) is 1.23. The van der Waals surface area contributed by atoms with Crippen LogP contribution in [0, 0.1) is 5.92 Å². The van der Waals surface area contributed by atoms with Gasteiger partial charge in [0, 0.05) is 31.1 Å². The summed E-state index contributed by atoms with van der Waals surface area (Å²) in [5.41, 5.74) is 0.949. The lowest BCUT2D eigenvalue weighted by Crippen LogP contribution is -2.42. The van der Waals surface area contributed by atoms with Gasteiger partial charge >= 0.3 is 0 Å². The third kappa shape index (κ3) is 5.25. The number of amides is 2. The van der Waals surface area contributed by atoms with Crippen LogP contribution < -0.4 is 10.1 Å². The molecular formula is C22H33N3O3. The van der Waals surface area contributed by atoms with Gasteiger partial charge in [0.1, 0.15) is 5.75 Å². The molecule has 0 bridgehead atoms. The average Bonchev–Trinajstić information content (AvgIpc) is 3.18. The van der Waals surface area contributed by atoms with E-state index in [9.17, 15) is 9.59 Å². The summed E-state index contributed by atoms with van der Waals surface area (Å²) in [6.07, 6.45) is 4.92. The number of carbonyl (C=O) groups is 2. The molecule has 2 fully saturated rings. The molecule has 1 atom stereocenters. The van der Waals surface area contributed by atoms with E-state index >= 15 is 0 Å². The minimum Gasteiger partial charge on any atom is -0.497 e. The number of nitrogens with one attached hydrogen (secondary N) is 1. The van der Waals surface area contributed by atoms with Crippen LogP contribution in [0.25, 0.3) is 0 Å². The summed E-state index contributed by atoms with van der Waals surface area (Å²) in [6.45, 7) is 1.72. The Kier molecular flexibility index (Phi) is 6.94. The number of carbonyl (C=O) groups excluding carboxylic acids is 2. The van der Waals surface area contributed by atoms with Crippen molar-refractivity contribution in [2.45, 2.75) is 50.6 Å². The SMILES string of the molecule is COc1cccc(CC(=O)NC2CCC(C(=O)N3CCC(N(C)C)C3)CC2)c1. The summed E-state index contributed by atoms with van der Waals surface area (Å²) in [7, 11) is 5.79. The van der Waals surface area contributed by atoms with Crippen LogP contribution in [0.1, 0.15) is 37.7 Å². The van der Waals surface area contributed by atoms with Gasteiger partial charge in [-0.3, -0.25) is 9.59 Å². The second kappa shape index (κ2) is 9.41. The van der Waals surface area contributed by atoms with Gasteiger partial charge in [-0.25, -0.2) is 0 Å². The van der Waals surface area contributed by atoms with Gasteiger partial charge in [0.15, 0.2) is 0 Å². The summed E-state index contributed by atoms with van der Waals surface area (Å²) < 4.78 is 5.21. The van der Waals surface area contributed by atoms with E-state index in [-0.39, 0.29) is 17.9 Å². The summed E-state index contributed by atoms with van der Waals surface area (Å²) in [6, 6.07) is 8.27. The lowest BCUT2D eigenvalue weighted by Gasteiger charge is -2.31.